The van der Waals surface area contributed by atoms with E-state index in [1.165, 1.54) is 5.56 Å². The van der Waals surface area contributed by atoms with Gasteiger partial charge in [0.1, 0.15) is 11.5 Å². The first-order valence-electron chi connectivity index (χ1n) is 7.28. The van der Waals surface area contributed by atoms with Crippen LogP contribution in [0.5, 0.6) is 11.5 Å². The summed E-state index contributed by atoms with van der Waals surface area (Å²) in [6.45, 7) is 0. The lowest BCUT2D eigenvalue weighted by atomic mass is 9.88. The predicted octanol–water partition coefficient (Wildman–Crippen LogP) is 3.84. The number of hydrogen-bond donors (Lipinski definition) is 1. The van der Waals surface area contributed by atoms with Gasteiger partial charge in [-0.3, -0.25) is 0 Å². The number of aliphatic hydroxyl groups is 1. The van der Waals surface area contributed by atoms with E-state index in [-0.39, 0.29) is 0 Å². The Morgan fingerprint density at radius 3 is 2.45 bits per heavy atom. The van der Waals surface area contributed by atoms with Crippen molar-refractivity contribution in [3.8, 4) is 11.5 Å². The van der Waals surface area contributed by atoms with E-state index in [2.05, 4.69) is 22.0 Å². The van der Waals surface area contributed by atoms with Gasteiger partial charge in [0.25, 0.3) is 0 Å². The third-order valence-electron chi connectivity index (χ3n) is 4.28. The zero-order valence-electron chi connectivity index (χ0n) is 12.7. The fraction of sp³-hybridized carbons (Fsp3) is 0.333. The Bertz CT molecular complexity index is 676. The second-order valence-corrected chi connectivity index (χ2v) is 6.56. The monoisotopic (exact) mass is 362 g/mol. The standard InChI is InChI=1S/C18H19BrO3/c1-21-14-8-12(9-15(10-14)22-2)11-18(20)7-6-13-4-3-5-16(19)17(13)18/h3-5,8-10,20H,6-7,11H2,1-2H3. The van der Waals surface area contributed by atoms with Crippen molar-refractivity contribution in [1.29, 1.82) is 0 Å². The molecular weight excluding hydrogens is 344 g/mol. The zero-order chi connectivity index (χ0) is 15.7. The molecule has 0 aliphatic heterocycles. The highest BCUT2D eigenvalue weighted by atomic mass is 79.9. The molecule has 0 bridgehead atoms. The molecule has 1 aliphatic rings. The van der Waals surface area contributed by atoms with Crippen LogP contribution in [-0.4, -0.2) is 19.3 Å². The van der Waals surface area contributed by atoms with Gasteiger partial charge in [-0.2, -0.15) is 0 Å². The molecule has 1 N–H and O–H groups in total. The summed E-state index contributed by atoms with van der Waals surface area (Å²) in [5.41, 5.74) is 2.37. The molecule has 0 aromatic heterocycles. The number of rotatable bonds is 4. The zero-order valence-corrected chi connectivity index (χ0v) is 14.3. The highest BCUT2D eigenvalue weighted by Crippen LogP contribution is 2.43. The highest BCUT2D eigenvalue weighted by Gasteiger charge is 2.38. The van der Waals surface area contributed by atoms with Crippen molar-refractivity contribution in [2.24, 2.45) is 0 Å². The summed E-state index contributed by atoms with van der Waals surface area (Å²) in [5, 5.41) is 11.2. The van der Waals surface area contributed by atoms with Gasteiger partial charge in [-0.25, -0.2) is 0 Å². The van der Waals surface area contributed by atoms with Gasteiger partial charge in [-0.15, -0.1) is 0 Å². The third-order valence-corrected chi connectivity index (χ3v) is 4.94. The quantitative estimate of drug-likeness (QED) is 0.897. The number of benzene rings is 2. The minimum Gasteiger partial charge on any atom is -0.497 e. The smallest absolute Gasteiger partial charge is 0.122 e. The van der Waals surface area contributed by atoms with Crippen molar-refractivity contribution in [1.82, 2.24) is 0 Å². The normalized spacial score (nSPS) is 19.8. The Morgan fingerprint density at radius 2 is 1.82 bits per heavy atom. The molecule has 0 amide bonds. The summed E-state index contributed by atoms with van der Waals surface area (Å²) >= 11 is 3.58. The molecule has 4 heteroatoms. The predicted molar refractivity (Wildman–Crippen MR) is 89.6 cm³/mol. The maximum Gasteiger partial charge on any atom is 0.122 e. The molecule has 0 heterocycles. The largest absolute Gasteiger partial charge is 0.497 e. The number of ether oxygens (including phenoxy) is 2. The van der Waals surface area contributed by atoms with E-state index in [0.29, 0.717) is 6.42 Å². The van der Waals surface area contributed by atoms with Gasteiger partial charge in [0.05, 0.1) is 19.8 Å². The van der Waals surface area contributed by atoms with Crippen molar-refractivity contribution < 1.29 is 14.6 Å². The van der Waals surface area contributed by atoms with E-state index < -0.39 is 5.60 Å². The van der Waals surface area contributed by atoms with Crippen molar-refractivity contribution in [3.05, 3.63) is 57.6 Å². The average molecular weight is 363 g/mol. The van der Waals surface area contributed by atoms with Gasteiger partial charge >= 0.3 is 0 Å². The Labute approximate surface area is 139 Å². The highest BCUT2D eigenvalue weighted by molar-refractivity contribution is 9.10. The van der Waals surface area contributed by atoms with Crippen LogP contribution in [0.2, 0.25) is 0 Å². The average Bonchev–Trinajstić information content (AvgIpc) is 2.85. The second kappa shape index (κ2) is 5.94. The summed E-state index contributed by atoms with van der Waals surface area (Å²) < 4.78 is 11.6. The lowest BCUT2D eigenvalue weighted by molar-refractivity contribution is 0.0382. The molecule has 2 aromatic rings. The van der Waals surface area contributed by atoms with Gasteiger partial charge < -0.3 is 14.6 Å². The van der Waals surface area contributed by atoms with Crippen LogP contribution in [0.1, 0.15) is 23.1 Å². The lowest BCUT2D eigenvalue weighted by Gasteiger charge is -2.25. The van der Waals surface area contributed by atoms with E-state index in [1.54, 1.807) is 14.2 Å². The minimum atomic E-state index is -0.854. The summed E-state index contributed by atoms with van der Waals surface area (Å²) in [6, 6.07) is 11.8. The van der Waals surface area contributed by atoms with Crippen LogP contribution in [0.3, 0.4) is 0 Å². The van der Waals surface area contributed by atoms with Gasteiger partial charge in [0, 0.05) is 22.5 Å². The number of hydrogen-bond acceptors (Lipinski definition) is 3. The molecule has 3 nitrogen and oxygen atoms in total. The summed E-state index contributed by atoms with van der Waals surface area (Å²) in [4.78, 5) is 0. The van der Waals surface area contributed by atoms with Crippen molar-refractivity contribution in [2.45, 2.75) is 24.9 Å². The molecule has 0 fully saturated rings. The molecule has 0 spiro atoms. The number of aryl methyl sites for hydroxylation is 1. The Kier molecular flexibility index (Phi) is 4.15. The van der Waals surface area contributed by atoms with Crippen LogP contribution < -0.4 is 9.47 Å². The fourth-order valence-corrected chi connectivity index (χ4v) is 4.02. The molecule has 1 aliphatic carbocycles. The van der Waals surface area contributed by atoms with E-state index in [9.17, 15) is 5.11 Å². The first-order chi connectivity index (χ1) is 10.6. The summed E-state index contributed by atoms with van der Waals surface area (Å²) in [7, 11) is 3.27. The first-order valence-corrected chi connectivity index (χ1v) is 8.07. The lowest BCUT2D eigenvalue weighted by Crippen LogP contribution is -2.25. The van der Waals surface area contributed by atoms with Gasteiger partial charge in [0.2, 0.25) is 0 Å². The van der Waals surface area contributed by atoms with Gasteiger partial charge in [-0.1, -0.05) is 28.1 Å². The van der Waals surface area contributed by atoms with Gasteiger partial charge in [-0.05, 0) is 42.2 Å². The molecule has 0 saturated carbocycles. The van der Waals surface area contributed by atoms with Gasteiger partial charge in [0.15, 0.2) is 0 Å². The second-order valence-electron chi connectivity index (χ2n) is 5.70. The van der Waals surface area contributed by atoms with Crippen molar-refractivity contribution in [3.63, 3.8) is 0 Å². The molecule has 1 atom stereocenters. The molecule has 116 valence electrons. The van der Waals surface area contributed by atoms with E-state index in [4.69, 9.17) is 9.47 Å². The van der Waals surface area contributed by atoms with Crippen molar-refractivity contribution >= 4 is 15.9 Å². The fourth-order valence-electron chi connectivity index (χ4n) is 3.25. The minimum absolute atomic E-state index is 0.538. The number of methoxy groups -OCH3 is 2. The third kappa shape index (κ3) is 2.73. The van der Waals surface area contributed by atoms with Crippen LogP contribution >= 0.6 is 15.9 Å². The Hall–Kier alpha value is -1.52. The maximum absolute atomic E-state index is 11.2. The molecule has 3 rings (SSSR count). The van der Waals surface area contributed by atoms with Crippen LogP contribution in [0, 0.1) is 0 Å². The van der Waals surface area contributed by atoms with E-state index in [0.717, 1.165) is 39.9 Å². The van der Waals surface area contributed by atoms with Crippen molar-refractivity contribution in [2.75, 3.05) is 14.2 Å². The Morgan fingerprint density at radius 1 is 1.14 bits per heavy atom. The summed E-state index contributed by atoms with van der Waals surface area (Å²) in [5.74, 6) is 1.48. The van der Waals surface area contributed by atoms with E-state index >= 15 is 0 Å². The van der Waals surface area contributed by atoms with Crippen LogP contribution in [-0.2, 0) is 18.4 Å². The van der Waals surface area contributed by atoms with Crippen LogP contribution in [0.25, 0.3) is 0 Å². The molecular formula is C18H19BrO3. The first kappa shape index (κ1) is 15.4. The van der Waals surface area contributed by atoms with Crippen LogP contribution in [0.4, 0.5) is 0 Å². The topological polar surface area (TPSA) is 38.7 Å². The molecule has 1 unspecified atom stereocenters. The molecule has 2 aromatic carbocycles. The number of fused-ring (bicyclic) bond motifs is 1. The Balaban J connectivity index is 1.98. The molecule has 22 heavy (non-hydrogen) atoms. The van der Waals surface area contributed by atoms with E-state index in [1.807, 2.05) is 30.3 Å². The summed E-state index contributed by atoms with van der Waals surface area (Å²) in [6.07, 6.45) is 2.16. The molecule has 0 saturated heterocycles. The SMILES string of the molecule is COc1cc(CC2(O)CCc3cccc(Br)c32)cc(OC)c1. The number of halogens is 1. The maximum atomic E-state index is 11.2. The van der Waals surface area contributed by atoms with Crippen LogP contribution in [0.15, 0.2) is 40.9 Å². The molecule has 0 radical (unpaired) electrons.